The minimum atomic E-state index is 0.424. The fourth-order valence-electron chi connectivity index (χ4n) is 1.75. The van der Waals surface area contributed by atoms with Crippen LogP contribution in [0.2, 0.25) is 0 Å². The van der Waals surface area contributed by atoms with Crippen LogP contribution in [-0.4, -0.2) is 24.6 Å². The van der Waals surface area contributed by atoms with Gasteiger partial charge in [-0.1, -0.05) is 6.92 Å². The Hall–Kier alpha value is -0.450. The van der Waals surface area contributed by atoms with Gasteiger partial charge in [-0.3, -0.25) is 0 Å². The second-order valence-electron chi connectivity index (χ2n) is 4.07. The second-order valence-corrected chi connectivity index (χ2v) is 5.30. The summed E-state index contributed by atoms with van der Waals surface area (Å²) in [6.07, 6.45) is 1.18. The summed E-state index contributed by atoms with van der Waals surface area (Å²) < 4.78 is 0. The van der Waals surface area contributed by atoms with Crippen LogP contribution in [0.4, 0.5) is 0 Å². The van der Waals surface area contributed by atoms with Gasteiger partial charge in [-0.25, -0.2) is 4.98 Å². The number of thiazole rings is 1. The molecule has 3 nitrogen and oxygen atoms in total. The SMILES string of the molecule is CCNCCCNC(C)c1sc(C)nc1C. The zero-order valence-electron chi connectivity index (χ0n) is 10.8. The highest BCUT2D eigenvalue weighted by Gasteiger charge is 2.11. The highest BCUT2D eigenvalue weighted by atomic mass is 32.1. The van der Waals surface area contributed by atoms with Crippen LogP contribution in [0.5, 0.6) is 0 Å². The van der Waals surface area contributed by atoms with E-state index in [1.165, 1.54) is 17.0 Å². The van der Waals surface area contributed by atoms with Crippen molar-refractivity contribution in [2.24, 2.45) is 0 Å². The van der Waals surface area contributed by atoms with Gasteiger partial charge in [0.1, 0.15) is 0 Å². The third kappa shape index (κ3) is 4.20. The first kappa shape index (κ1) is 13.6. The molecule has 0 aliphatic rings. The fourth-order valence-corrected chi connectivity index (χ4v) is 2.70. The van der Waals surface area contributed by atoms with E-state index in [4.69, 9.17) is 0 Å². The van der Waals surface area contributed by atoms with Crippen molar-refractivity contribution < 1.29 is 0 Å². The van der Waals surface area contributed by atoms with Gasteiger partial charge < -0.3 is 10.6 Å². The molecule has 0 bridgehead atoms. The molecule has 1 unspecified atom stereocenters. The van der Waals surface area contributed by atoms with E-state index >= 15 is 0 Å². The molecule has 0 fully saturated rings. The quantitative estimate of drug-likeness (QED) is 0.720. The van der Waals surface area contributed by atoms with Gasteiger partial charge in [-0.15, -0.1) is 11.3 Å². The zero-order valence-corrected chi connectivity index (χ0v) is 11.6. The number of hydrogen-bond acceptors (Lipinski definition) is 4. The summed E-state index contributed by atoms with van der Waals surface area (Å²) in [5.41, 5.74) is 1.18. The number of hydrogen-bond donors (Lipinski definition) is 2. The van der Waals surface area contributed by atoms with E-state index < -0.39 is 0 Å². The number of aryl methyl sites for hydroxylation is 2. The molecule has 1 aromatic rings. The van der Waals surface area contributed by atoms with Crippen LogP contribution >= 0.6 is 11.3 Å². The van der Waals surface area contributed by atoms with Crippen LogP contribution < -0.4 is 10.6 Å². The van der Waals surface area contributed by atoms with Crippen molar-refractivity contribution in [3.63, 3.8) is 0 Å². The van der Waals surface area contributed by atoms with Crippen molar-refractivity contribution in [1.82, 2.24) is 15.6 Å². The molecule has 4 heteroatoms. The third-order valence-corrected chi connectivity index (χ3v) is 3.82. The normalized spacial score (nSPS) is 13.0. The van der Waals surface area contributed by atoms with E-state index in [1.807, 2.05) is 0 Å². The van der Waals surface area contributed by atoms with Gasteiger partial charge in [0.05, 0.1) is 10.7 Å². The maximum atomic E-state index is 4.46. The van der Waals surface area contributed by atoms with Crippen molar-refractivity contribution in [1.29, 1.82) is 0 Å². The Morgan fingerprint density at radius 2 is 2.06 bits per heavy atom. The molecule has 0 saturated heterocycles. The Kier molecular flexibility index (Phi) is 5.95. The molecule has 0 saturated carbocycles. The van der Waals surface area contributed by atoms with Crippen molar-refractivity contribution in [2.45, 2.75) is 40.2 Å². The largest absolute Gasteiger partial charge is 0.317 e. The minimum Gasteiger partial charge on any atom is -0.317 e. The first-order chi connectivity index (χ1) is 7.65. The summed E-state index contributed by atoms with van der Waals surface area (Å²) >= 11 is 1.80. The molecule has 92 valence electrons. The fraction of sp³-hybridized carbons (Fsp3) is 0.750. The summed E-state index contributed by atoms with van der Waals surface area (Å²) in [4.78, 5) is 5.83. The summed E-state index contributed by atoms with van der Waals surface area (Å²) in [7, 11) is 0. The van der Waals surface area contributed by atoms with Crippen molar-refractivity contribution >= 4 is 11.3 Å². The minimum absolute atomic E-state index is 0.424. The number of nitrogens with zero attached hydrogens (tertiary/aromatic N) is 1. The van der Waals surface area contributed by atoms with Gasteiger partial charge >= 0.3 is 0 Å². The van der Waals surface area contributed by atoms with Gasteiger partial charge in [-0.05, 0) is 46.8 Å². The van der Waals surface area contributed by atoms with Crippen LogP contribution in [0, 0.1) is 13.8 Å². The predicted octanol–water partition coefficient (Wildman–Crippen LogP) is 2.41. The van der Waals surface area contributed by atoms with Gasteiger partial charge in [0.15, 0.2) is 0 Å². The van der Waals surface area contributed by atoms with E-state index in [9.17, 15) is 0 Å². The molecule has 1 heterocycles. The van der Waals surface area contributed by atoms with Gasteiger partial charge in [0.25, 0.3) is 0 Å². The Balaban J connectivity index is 2.29. The molecule has 2 N–H and O–H groups in total. The van der Waals surface area contributed by atoms with E-state index in [1.54, 1.807) is 11.3 Å². The van der Waals surface area contributed by atoms with Crippen molar-refractivity contribution in [3.05, 3.63) is 15.6 Å². The van der Waals surface area contributed by atoms with Gasteiger partial charge in [0.2, 0.25) is 0 Å². The Morgan fingerprint density at radius 1 is 1.31 bits per heavy atom. The lowest BCUT2D eigenvalue weighted by atomic mass is 10.2. The van der Waals surface area contributed by atoms with Gasteiger partial charge in [0, 0.05) is 10.9 Å². The molecule has 1 atom stereocenters. The maximum Gasteiger partial charge on any atom is 0.0900 e. The molecular formula is C12H23N3S. The maximum absolute atomic E-state index is 4.46. The summed E-state index contributed by atoms with van der Waals surface area (Å²) in [6.45, 7) is 11.7. The zero-order chi connectivity index (χ0) is 12.0. The first-order valence-electron chi connectivity index (χ1n) is 6.03. The van der Waals surface area contributed by atoms with Crippen LogP contribution in [-0.2, 0) is 0 Å². The van der Waals surface area contributed by atoms with Crippen LogP contribution in [0.15, 0.2) is 0 Å². The highest BCUT2D eigenvalue weighted by molar-refractivity contribution is 7.11. The molecule has 0 amide bonds. The molecule has 1 aromatic heterocycles. The van der Waals surface area contributed by atoms with E-state index in [0.717, 1.165) is 24.6 Å². The van der Waals surface area contributed by atoms with Crippen LogP contribution in [0.3, 0.4) is 0 Å². The Bertz CT molecular complexity index is 309. The average molecular weight is 241 g/mol. The summed E-state index contributed by atoms with van der Waals surface area (Å²) in [5, 5.41) is 8.03. The summed E-state index contributed by atoms with van der Waals surface area (Å²) in [6, 6.07) is 0.424. The number of aromatic nitrogens is 1. The Labute approximate surface area is 103 Å². The standard InChI is InChI=1S/C12H23N3S/c1-5-13-7-6-8-14-9(2)12-10(3)15-11(4)16-12/h9,13-14H,5-8H2,1-4H3. The smallest absolute Gasteiger partial charge is 0.0900 e. The van der Waals surface area contributed by atoms with Crippen molar-refractivity contribution in [2.75, 3.05) is 19.6 Å². The number of nitrogens with one attached hydrogen (secondary N) is 2. The monoisotopic (exact) mass is 241 g/mol. The topological polar surface area (TPSA) is 37.0 Å². The lowest BCUT2D eigenvalue weighted by Gasteiger charge is -2.12. The molecule has 0 aliphatic carbocycles. The summed E-state index contributed by atoms with van der Waals surface area (Å²) in [5.74, 6) is 0. The van der Waals surface area contributed by atoms with E-state index in [2.05, 4.69) is 43.3 Å². The van der Waals surface area contributed by atoms with E-state index in [-0.39, 0.29) is 0 Å². The average Bonchev–Trinajstić information content (AvgIpc) is 2.57. The van der Waals surface area contributed by atoms with Crippen molar-refractivity contribution in [3.8, 4) is 0 Å². The van der Waals surface area contributed by atoms with Crippen LogP contribution in [0.25, 0.3) is 0 Å². The third-order valence-electron chi connectivity index (χ3n) is 2.56. The second kappa shape index (κ2) is 6.99. The first-order valence-corrected chi connectivity index (χ1v) is 6.84. The van der Waals surface area contributed by atoms with E-state index in [0.29, 0.717) is 6.04 Å². The molecule has 16 heavy (non-hydrogen) atoms. The molecule has 0 aromatic carbocycles. The lowest BCUT2D eigenvalue weighted by molar-refractivity contribution is 0.546. The molecule has 0 radical (unpaired) electrons. The lowest BCUT2D eigenvalue weighted by Crippen LogP contribution is -2.24. The highest BCUT2D eigenvalue weighted by Crippen LogP contribution is 2.24. The van der Waals surface area contributed by atoms with Gasteiger partial charge in [-0.2, -0.15) is 0 Å². The Morgan fingerprint density at radius 3 is 2.62 bits per heavy atom. The number of rotatable bonds is 7. The molecule has 0 aliphatic heterocycles. The predicted molar refractivity (Wildman–Crippen MR) is 71.2 cm³/mol. The molecule has 0 spiro atoms. The molecule has 1 rings (SSSR count). The molecular weight excluding hydrogens is 218 g/mol. The van der Waals surface area contributed by atoms with Crippen LogP contribution in [0.1, 0.15) is 41.9 Å².